The summed E-state index contributed by atoms with van der Waals surface area (Å²) in [4.78, 5) is 28.9. The fourth-order valence-electron chi connectivity index (χ4n) is 5.26. The van der Waals surface area contributed by atoms with E-state index in [1.54, 1.807) is 36.4 Å². The third kappa shape index (κ3) is 7.08. The lowest BCUT2D eigenvalue weighted by atomic mass is 9.95. The van der Waals surface area contributed by atoms with E-state index in [2.05, 4.69) is 24.0 Å². The molecule has 6 rings (SSSR count). The minimum absolute atomic E-state index is 0.0868. The van der Waals surface area contributed by atoms with Crippen LogP contribution in [0.5, 0.6) is 23.0 Å². The van der Waals surface area contributed by atoms with Gasteiger partial charge in [-0.1, -0.05) is 73.3 Å². The van der Waals surface area contributed by atoms with E-state index in [1.807, 2.05) is 37.3 Å². The number of ether oxygens (including phenoxy) is 4. The number of hydrogen-bond acceptors (Lipinski definition) is 11. The number of fused-ring (bicyclic) bond motifs is 1. The van der Waals surface area contributed by atoms with Gasteiger partial charge in [0.2, 0.25) is 5.13 Å². The highest BCUT2D eigenvalue weighted by Gasteiger charge is 2.48. The van der Waals surface area contributed by atoms with Gasteiger partial charge in [0.05, 0.1) is 24.8 Å². The van der Waals surface area contributed by atoms with Crippen molar-refractivity contribution in [1.29, 1.82) is 0 Å². The number of thioether (sulfide) groups is 1. The number of hydrogen-bond donors (Lipinski definition) is 1. The van der Waals surface area contributed by atoms with Gasteiger partial charge in [-0.25, -0.2) is 0 Å². The molecule has 47 heavy (non-hydrogen) atoms. The summed E-state index contributed by atoms with van der Waals surface area (Å²) in [6.45, 7) is 7.77. The maximum absolute atomic E-state index is 13.8. The molecule has 2 aliphatic heterocycles. The van der Waals surface area contributed by atoms with E-state index in [4.69, 9.17) is 18.9 Å². The van der Waals surface area contributed by atoms with Crippen LogP contribution in [0.4, 0.5) is 5.13 Å². The molecular formula is C35H35N3O7S2. The molecule has 3 heterocycles. The molecule has 0 radical (unpaired) electrons. The van der Waals surface area contributed by atoms with Crippen molar-refractivity contribution < 1.29 is 33.6 Å². The van der Waals surface area contributed by atoms with Crippen molar-refractivity contribution in [3.8, 4) is 23.0 Å². The maximum Gasteiger partial charge on any atom is 0.301 e. The van der Waals surface area contributed by atoms with Gasteiger partial charge >= 0.3 is 5.91 Å². The van der Waals surface area contributed by atoms with Crippen LogP contribution < -0.4 is 23.8 Å². The highest BCUT2D eigenvalue weighted by atomic mass is 32.2. The van der Waals surface area contributed by atoms with Gasteiger partial charge in [0.25, 0.3) is 5.78 Å². The van der Waals surface area contributed by atoms with Gasteiger partial charge in [-0.2, -0.15) is 0 Å². The standard InChI is InChI=1S/C35H35N3O7S2/c1-4-42-27-18-23(10-12-25(27)43-15-14-21(2)3)30-29(31(39)24-11-13-26-28(19-24)45-17-16-44-26)32(40)33(41)38(30)34-36-37-35(47-34)46-20-22-8-6-5-7-9-22/h5-13,18-19,21,30,39H,4,14-17,20H2,1-3H3/t30-/m0/s1. The number of aliphatic hydroxyl groups excluding tert-OH is 1. The summed E-state index contributed by atoms with van der Waals surface area (Å²) in [5, 5.41) is 20.6. The van der Waals surface area contributed by atoms with Crippen LogP contribution in [0.1, 0.15) is 49.9 Å². The number of aliphatic hydroxyl groups is 1. The number of carbonyl (C=O) groups excluding carboxylic acids is 2. The molecule has 0 aliphatic carbocycles. The van der Waals surface area contributed by atoms with Crippen molar-refractivity contribution in [2.45, 2.75) is 43.3 Å². The van der Waals surface area contributed by atoms with E-state index in [1.165, 1.54) is 28.0 Å². The molecule has 1 fully saturated rings. The normalized spacial score (nSPS) is 16.9. The van der Waals surface area contributed by atoms with Gasteiger partial charge in [-0.15, -0.1) is 10.2 Å². The molecular weight excluding hydrogens is 639 g/mol. The van der Waals surface area contributed by atoms with Gasteiger partial charge in [-0.3, -0.25) is 14.5 Å². The van der Waals surface area contributed by atoms with Gasteiger partial charge in [0.1, 0.15) is 19.0 Å². The fraction of sp³-hybridized carbons (Fsp3) is 0.314. The molecule has 1 aromatic heterocycles. The zero-order valence-corrected chi connectivity index (χ0v) is 27.9. The van der Waals surface area contributed by atoms with Crippen molar-refractivity contribution in [3.63, 3.8) is 0 Å². The smallest absolute Gasteiger partial charge is 0.301 e. The van der Waals surface area contributed by atoms with Crippen molar-refractivity contribution >= 4 is 45.7 Å². The zero-order valence-electron chi connectivity index (χ0n) is 26.3. The Balaban J connectivity index is 1.41. The van der Waals surface area contributed by atoms with Crippen LogP contribution >= 0.6 is 23.1 Å². The summed E-state index contributed by atoms with van der Waals surface area (Å²) in [6.07, 6.45) is 0.866. The lowest BCUT2D eigenvalue weighted by Crippen LogP contribution is -2.29. The first-order valence-corrected chi connectivity index (χ1v) is 17.2. The van der Waals surface area contributed by atoms with E-state index >= 15 is 0 Å². The minimum atomic E-state index is -1.02. The summed E-state index contributed by atoms with van der Waals surface area (Å²) in [5.41, 5.74) is 1.88. The molecule has 1 amide bonds. The first-order valence-electron chi connectivity index (χ1n) is 15.4. The van der Waals surface area contributed by atoms with Crippen LogP contribution in [-0.4, -0.2) is 53.4 Å². The van der Waals surface area contributed by atoms with Crippen LogP contribution in [0.15, 0.2) is 76.6 Å². The number of nitrogens with zero attached hydrogens (tertiary/aromatic N) is 3. The van der Waals surface area contributed by atoms with E-state index in [9.17, 15) is 14.7 Å². The quantitative estimate of drug-likeness (QED) is 0.0551. The number of anilines is 1. The molecule has 12 heteroatoms. The Morgan fingerprint density at radius 1 is 1.00 bits per heavy atom. The van der Waals surface area contributed by atoms with Crippen molar-refractivity contribution in [2.75, 3.05) is 31.3 Å². The molecule has 1 saturated heterocycles. The second kappa shape index (κ2) is 14.5. The Morgan fingerprint density at radius 3 is 2.55 bits per heavy atom. The van der Waals surface area contributed by atoms with Crippen LogP contribution in [0.3, 0.4) is 0 Å². The van der Waals surface area contributed by atoms with E-state index in [0.29, 0.717) is 76.6 Å². The summed E-state index contributed by atoms with van der Waals surface area (Å²) < 4.78 is 24.0. The van der Waals surface area contributed by atoms with Crippen molar-refractivity contribution in [3.05, 3.63) is 89.0 Å². The number of Topliss-reactive ketones (excluding diaryl/α,β-unsaturated/α-hetero) is 1. The second-order valence-corrected chi connectivity index (χ2v) is 13.5. The number of ketones is 1. The first kappa shape index (κ1) is 32.4. The summed E-state index contributed by atoms with van der Waals surface area (Å²) >= 11 is 2.70. The highest BCUT2D eigenvalue weighted by Crippen LogP contribution is 2.46. The van der Waals surface area contributed by atoms with Gasteiger partial charge in [0, 0.05) is 11.3 Å². The predicted octanol–water partition coefficient (Wildman–Crippen LogP) is 7.05. The Kier molecular flexibility index (Phi) is 9.98. The number of aromatic nitrogens is 2. The van der Waals surface area contributed by atoms with Crippen molar-refractivity contribution in [2.24, 2.45) is 5.92 Å². The van der Waals surface area contributed by atoms with Gasteiger partial charge in [-0.05, 0) is 60.7 Å². The lowest BCUT2D eigenvalue weighted by molar-refractivity contribution is -0.132. The SMILES string of the molecule is CCOc1cc([C@H]2C(=C(O)c3ccc4c(c3)OCCO4)C(=O)C(=O)N2c2nnc(SCc3ccccc3)s2)ccc1OCCC(C)C. The van der Waals surface area contributed by atoms with Crippen LogP contribution in [0.2, 0.25) is 0 Å². The third-order valence-corrected chi connectivity index (χ3v) is 9.73. The Bertz CT molecular complexity index is 1790. The number of carbonyl (C=O) groups is 2. The molecule has 0 unspecified atom stereocenters. The molecule has 0 bridgehead atoms. The molecule has 1 N–H and O–H groups in total. The second-order valence-electron chi connectivity index (χ2n) is 11.3. The zero-order chi connectivity index (χ0) is 32.9. The summed E-state index contributed by atoms with van der Waals surface area (Å²) in [7, 11) is 0. The molecule has 3 aromatic carbocycles. The predicted molar refractivity (Wildman–Crippen MR) is 181 cm³/mol. The highest BCUT2D eigenvalue weighted by molar-refractivity contribution is 8.00. The fourth-order valence-corrected chi connectivity index (χ4v) is 7.08. The Hall–Kier alpha value is -4.55. The van der Waals surface area contributed by atoms with E-state index in [-0.39, 0.29) is 16.5 Å². The summed E-state index contributed by atoms with van der Waals surface area (Å²) in [6, 6.07) is 19.1. The molecule has 0 saturated carbocycles. The van der Waals surface area contributed by atoms with Gasteiger partial charge < -0.3 is 24.1 Å². The molecule has 244 valence electrons. The molecule has 10 nitrogen and oxygen atoms in total. The topological polar surface area (TPSA) is 120 Å². The maximum atomic E-state index is 13.8. The lowest BCUT2D eigenvalue weighted by Gasteiger charge is -2.24. The Labute approximate surface area is 281 Å². The average Bonchev–Trinajstić information content (AvgIpc) is 3.65. The molecule has 1 atom stereocenters. The average molecular weight is 674 g/mol. The number of amides is 1. The van der Waals surface area contributed by atoms with Crippen molar-refractivity contribution in [1.82, 2.24) is 10.2 Å². The van der Waals surface area contributed by atoms with Crippen LogP contribution in [-0.2, 0) is 15.3 Å². The summed E-state index contributed by atoms with van der Waals surface area (Å²) in [5.74, 6) is 1.12. The molecule has 0 spiro atoms. The Morgan fingerprint density at radius 2 is 1.79 bits per heavy atom. The van der Waals surface area contributed by atoms with Crippen LogP contribution in [0, 0.1) is 5.92 Å². The van der Waals surface area contributed by atoms with Gasteiger partial charge in [0.15, 0.2) is 27.3 Å². The number of rotatable bonds is 12. The molecule has 2 aliphatic rings. The first-order chi connectivity index (χ1) is 22.8. The minimum Gasteiger partial charge on any atom is -0.507 e. The monoisotopic (exact) mass is 673 g/mol. The largest absolute Gasteiger partial charge is 0.507 e. The molecule has 4 aromatic rings. The van der Waals surface area contributed by atoms with E-state index < -0.39 is 17.7 Å². The number of benzene rings is 3. The third-order valence-electron chi connectivity index (χ3n) is 7.60. The van der Waals surface area contributed by atoms with Crippen LogP contribution in [0.25, 0.3) is 5.76 Å². The van der Waals surface area contributed by atoms with E-state index in [0.717, 1.165) is 12.0 Å².